The molecule has 0 aromatic heterocycles. The van der Waals surface area contributed by atoms with Gasteiger partial charge in [0.25, 0.3) is 0 Å². The van der Waals surface area contributed by atoms with Gasteiger partial charge in [0, 0.05) is 31.6 Å². The fourth-order valence-electron chi connectivity index (χ4n) is 3.91. The Labute approximate surface area is 172 Å². The predicted molar refractivity (Wildman–Crippen MR) is 117 cm³/mol. The number of nitrogens with one attached hydrogen (secondary N) is 1. The number of benzene rings is 3. The molecule has 1 N–H and O–H groups in total. The molecule has 1 saturated heterocycles. The number of nitrogens with zero attached hydrogens (tertiary/aromatic N) is 1. The molecule has 1 atom stereocenters. The van der Waals surface area contributed by atoms with Gasteiger partial charge in [-0.05, 0) is 41.8 Å². The van der Waals surface area contributed by atoms with Crippen molar-refractivity contribution >= 4 is 17.3 Å². The molecule has 29 heavy (non-hydrogen) atoms. The van der Waals surface area contributed by atoms with Gasteiger partial charge in [-0.1, -0.05) is 60.7 Å². The molecule has 0 aliphatic carbocycles. The summed E-state index contributed by atoms with van der Waals surface area (Å²) in [4.78, 5) is 15.5. The van der Waals surface area contributed by atoms with Crippen molar-refractivity contribution in [3.8, 4) is 0 Å². The Bertz CT molecular complexity index is 887. The van der Waals surface area contributed by atoms with Crippen LogP contribution >= 0.6 is 0 Å². The molecular weight excluding hydrogens is 360 g/mol. The maximum Gasteiger partial charge on any atom is 0.236 e. The molecule has 1 aliphatic heterocycles. The summed E-state index contributed by atoms with van der Waals surface area (Å²) in [7, 11) is 1.77. The van der Waals surface area contributed by atoms with Gasteiger partial charge in [-0.3, -0.25) is 4.79 Å². The molecule has 0 bridgehead atoms. The number of hydrogen-bond acceptors (Lipinski definition) is 3. The van der Waals surface area contributed by atoms with Crippen LogP contribution < -0.4 is 10.2 Å². The summed E-state index contributed by atoms with van der Waals surface area (Å²) in [6.07, 6.45) is 1.34. The van der Waals surface area contributed by atoms with E-state index in [2.05, 4.69) is 22.3 Å². The number of anilines is 2. The zero-order valence-electron chi connectivity index (χ0n) is 16.6. The second kappa shape index (κ2) is 8.93. The largest absolute Gasteiger partial charge is 0.380 e. The van der Waals surface area contributed by atoms with E-state index < -0.39 is 0 Å². The first-order chi connectivity index (χ1) is 14.2. The van der Waals surface area contributed by atoms with E-state index in [-0.39, 0.29) is 11.8 Å². The molecule has 0 saturated carbocycles. The maximum atomic E-state index is 13.2. The number of methoxy groups -OCH3 is 1. The van der Waals surface area contributed by atoms with Crippen LogP contribution in [0.25, 0.3) is 0 Å². The average molecular weight is 386 g/mol. The SMILES string of the molecule is COC1CCN(c2ccc(NC(=O)C(c3ccccc3)c3ccccc3)cc2)C1. The van der Waals surface area contributed by atoms with Gasteiger partial charge in [0.15, 0.2) is 0 Å². The topological polar surface area (TPSA) is 41.6 Å². The number of carbonyl (C=O) groups excluding carboxylic acids is 1. The first-order valence-electron chi connectivity index (χ1n) is 10.0. The van der Waals surface area contributed by atoms with Gasteiger partial charge in [0.2, 0.25) is 5.91 Å². The van der Waals surface area contributed by atoms with Crippen molar-refractivity contribution in [2.75, 3.05) is 30.4 Å². The summed E-state index contributed by atoms with van der Waals surface area (Å²) in [5.41, 5.74) is 3.93. The standard InChI is InChI=1S/C25H26N2O2/c1-29-23-16-17-27(18-23)22-14-12-21(13-15-22)26-25(28)24(19-8-4-2-5-9-19)20-10-6-3-7-11-20/h2-15,23-24H,16-18H2,1H3,(H,26,28). The molecule has 1 unspecified atom stereocenters. The van der Waals surface area contributed by atoms with Crippen molar-refractivity contribution in [2.45, 2.75) is 18.4 Å². The highest BCUT2D eigenvalue weighted by molar-refractivity contribution is 5.98. The second-order valence-electron chi connectivity index (χ2n) is 7.38. The van der Waals surface area contributed by atoms with Crippen molar-refractivity contribution < 1.29 is 9.53 Å². The number of ether oxygens (including phenoxy) is 1. The Morgan fingerprint density at radius 3 is 2.03 bits per heavy atom. The lowest BCUT2D eigenvalue weighted by molar-refractivity contribution is -0.116. The van der Waals surface area contributed by atoms with Crippen LogP contribution in [0.4, 0.5) is 11.4 Å². The van der Waals surface area contributed by atoms with Crippen molar-refractivity contribution in [3.63, 3.8) is 0 Å². The van der Waals surface area contributed by atoms with Gasteiger partial charge < -0.3 is 15.0 Å². The van der Waals surface area contributed by atoms with Crippen LogP contribution in [-0.2, 0) is 9.53 Å². The molecule has 0 radical (unpaired) electrons. The molecule has 1 fully saturated rings. The van der Waals surface area contributed by atoms with Gasteiger partial charge >= 0.3 is 0 Å². The van der Waals surface area contributed by atoms with Crippen LogP contribution in [0.1, 0.15) is 23.5 Å². The van der Waals surface area contributed by atoms with Crippen molar-refractivity contribution in [1.29, 1.82) is 0 Å². The first kappa shape index (κ1) is 19.2. The molecule has 1 amide bonds. The lowest BCUT2D eigenvalue weighted by Crippen LogP contribution is -2.23. The maximum absolute atomic E-state index is 13.2. The van der Waals surface area contributed by atoms with Gasteiger partial charge in [-0.15, -0.1) is 0 Å². The van der Waals surface area contributed by atoms with E-state index in [0.29, 0.717) is 6.10 Å². The Morgan fingerprint density at radius 2 is 1.52 bits per heavy atom. The summed E-state index contributed by atoms with van der Waals surface area (Å²) >= 11 is 0. The number of rotatable bonds is 6. The molecular formula is C25H26N2O2. The minimum atomic E-state index is -0.349. The smallest absolute Gasteiger partial charge is 0.236 e. The van der Waals surface area contributed by atoms with E-state index in [1.165, 1.54) is 0 Å². The molecule has 3 aromatic rings. The van der Waals surface area contributed by atoms with Gasteiger partial charge in [-0.2, -0.15) is 0 Å². The van der Waals surface area contributed by atoms with Crippen LogP contribution in [0.2, 0.25) is 0 Å². The van der Waals surface area contributed by atoms with Gasteiger partial charge in [-0.25, -0.2) is 0 Å². The quantitative estimate of drug-likeness (QED) is 0.669. The third kappa shape index (κ3) is 4.49. The normalized spacial score (nSPS) is 16.2. The Hall–Kier alpha value is -3.11. The summed E-state index contributed by atoms with van der Waals surface area (Å²) in [6, 6.07) is 27.9. The molecule has 4 heteroatoms. The summed E-state index contributed by atoms with van der Waals surface area (Å²) in [5, 5.41) is 3.09. The molecule has 148 valence electrons. The van der Waals surface area contributed by atoms with Crippen LogP contribution in [0.15, 0.2) is 84.9 Å². The second-order valence-corrected chi connectivity index (χ2v) is 7.38. The van der Waals surface area contributed by atoms with Crippen molar-refractivity contribution in [1.82, 2.24) is 0 Å². The highest BCUT2D eigenvalue weighted by Crippen LogP contribution is 2.27. The fraction of sp³-hybridized carbons (Fsp3) is 0.240. The summed E-state index contributed by atoms with van der Waals surface area (Å²) in [6.45, 7) is 1.90. The molecule has 4 nitrogen and oxygen atoms in total. The number of amides is 1. The molecule has 1 aliphatic rings. The van der Waals surface area contributed by atoms with E-state index in [4.69, 9.17) is 4.74 Å². The van der Waals surface area contributed by atoms with E-state index in [0.717, 1.165) is 42.0 Å². The van der Waals surface area contributed by atoms with Crippen molar-refractivity contribution in [2.24, 2.45) is 0 Å². The molecule has 1 heterocycles. The average Bonchev–Trinajstić information content (AvgIpc) is 3.25. The van der Waals surface area contributed by atoms with Crippen LogP contribution in [-0.4, -0.2) is 32.2 Å². The van der Waals surface area contributed by atoms with Crippen LogP contribution in [0.5, 0.6) is 0 Å². The highest BCUT2D eigenvalue weighted by atomic mass is 16.5. The Balaban J connectivity index is 1.51. The van der Waals surface area contributed by atoms with E-state index in [9.17, 15) is 4.79 Å². The van der Waals surface area contributed by atoms with E-state index in [1.807, 2.05) is 72.8 Å². The Kier molecular flexibility index (Phi) is 5.92. The van der Waals surface area contributed by atoms with Crippen LogP contribution in [0.3, 0.4) is 0 Å². The molecule has 4 rings (SSSR count). The third-order valence-corrected chi connectivity index (χ3v) is 5.51. The van der Waals surface area contributed by atoms with Gasteiger partial charge in [0.1, 0.15) is 0 Å². The minimum absolute atomic E-state index is 0.0317. The lowest BCUT2D eigenvalue weighted by Gasteiger charge is -2.20. The minimum Gasteiger partial charge on any atom is -0.380 e. The zero-order chi connectivity index (χ0) is 20.1. The predicted octanol–water partition coefficient (Wildman–Crippen LogP) is 4.68. The highest BCUT2D eigenvalue weighted by Gasteiger charge is 2.24. The zero-order valence-corrected chi connectivity index (χ0v) is 16.6. The Morgan fingerprint density at radius 1 is 0.931 bits per heavy atom. The van der Waals surface area contributed by atoms with Gasteiger partial charge in [0.05, 0.1) is 12.0 Å². The van der Waals surface area contributed by atoms with E-state index in [1.54, 1.807) is 7.11 Å². The lowest BCUT2D eigenvalue weighted by atomic mass is 9.90. The third-order valence-electron chi connectivity index (χ3n) is 5.51. The fourth-order valence-corrected chi connectivity index (χ4v) is 3.91. The monoisotopic (exact) mass is 386 g/mol. The van der Waals surface area contributed by atoms with Crippen molar-refractivity contribution in [3.05, 3.63) is 96.1 Å². The molecule has 0 spiro atoms. The van der Waals surface area contributed by atoms with E-state index >= 15 is 0 Å². The van der Waals surface area contributed by atoms with Crippen LogP contribution in [0, 0.1) is 0 Å². The summed E-state index contributed by atoms with van der Waals surface area (Å²) in [5.74, 6) is -0.381. The molecule has 3 aromatic carbocycles. The first-order valence-corrected chi connectivity index (χ1v) is 10.0. The summed E-state index contributed by atoms with van der Waals surface area (Å²) < 4.78 is 5.45. The number of hydrogen-bond donors (Lipinski definition) is 1. The number of carbonyl (C=O) groups is 1.